The summed E-state index contributed by atoms with van der Waals surface area (Å²) in [5.74, 6) is -1.18. The zero-order valence-corrected chi connectivity index (χ0v) is 12.5. The number of rotatable bonds is 9. The molecule has 0 aromatic carbocycles. The largest absolute Gasteiger partial charge is 0.548 e. The van der Waals surface area contributed by atoms with E-state index in [2.05, 4.69) is 32.4 Å². The number of aliphatic carboxylic acids is 1. The van der Waals surface area contributed by atoms with Gasteiger partial charge in [0, 0.05) is 13.7 Å². The number of carboxylic acids is 1. The van der Waals surface area contributed by atoms with E-state index >= 15 is 0 Å². The summed E-state index contributed by atoms with van der Waals surface area (Å²) in [6.07, 6.45) is 0. The predicted molar refractivity (Wildman–Crippen MR) is 70.1 cm³/mol. The molecule has 0 aliphatic carbocycles. The second kappa shape index (κ2) is 12.8. The van der Waals surface area contributed by atoms with E-state index in [0.29, 0.717) is 0 Å². The van der Waals surface area contributed by atoms with Gasteiger partial charge in [0.2, 0.25) is 0 Å². The normalized spacial score (nSPS) is 10.7. The first-order valence-corrected chi connectivity index (χ1v) is 6.63. The van der Waals surface area contributed by atoms with E-state index in [9.17, 15) is 9.90 Å². The van der Waals surface area contributed by atoms with Crippen molar-refractivity contribution in [3.05, 3.63) is 0 Å². The number of ether oxygens (including phenoxy) is 2. The van der Waals surface area contributed by atoms with Crippen molar-refractivity contribution in [2.45, 2.75) is 27.7 Å². The van der Waals surface area contributed by atoms with Crippen molar-refractivity contribution in [1.29, 1.82) is 0 Å². The number of carboxylic acid groups (broad SMARTS) is 1. The Kier molecular flexibility index (Phi) is 14.0. The van der Waals surface area contributed by atoms with E-state index in [0.717, 1.165) is 19.8 Å². The zero-order chi connectivity index (χ0) is 14.4. The van der Waals surface area contributed by atoms with Crippen molar-refractivity contribution in [3.8, 4) is 0 Å². The van der Waals surface area contributed by atoms with Crippen molar-refractivity contribution < 1.29 is 23.9 Å². The van der Waals surface area contributed by atoms with Crippen LogP contribution in [0.2, 0.25) is 0 Å². The standard InChI is InChI=1S/C10H24NO.C3H6O3/c1-5-11(6-2,7-3)9-10-12-8-4;1-6-2-3(4)5/h5-10H2,1-4H3;2H2,1H3,(H,4,5)/q+1;/p-1. The monoisotopic (exact) mass is 263 g/mol. The van der Waals surface area contributed by atoms with E-state index in [1.54, 1.807) is 0 Å². The van der Waals surface area contributed by atoms with Crippen LogP contribution < -0.4 is 5.11 Å². The molecule has 0 radical (unpaired) electrons. The van der Waals surface area contributed by atoms with Gasteiger partial charge >= 0.3 is 0 Å². The highest BCUT2D eigenvalue weighted by Crippen LogP contribution is 2.04. The van der Waals surface area contributed by atoms with Crippen LogP contribution in [0.1, 0.15) is 27.7 Å². The van der Waals surface area contributed by atoms with Crippen molar-refractivity contribution in [3.63, 3.8) is 0 Å². The van der Waals surface area contributed by atoms with Crippen LogP contribution in [0.3, 0.4) is 0 Å². The summed E-state index contributed by atoms with van der Waals surface area (Å²) in [5, 5.41) is 9.36. The van der Waals surface area contributed by atoms with Gasteiger partial charge in [0.1, 0.15) is 6.54 Å². The summed E-state index contributed by atoms with van der Waals surface area (Å²) in [4.78, 5) is 9.36. The summed E-state index contributed by atoms with van der Waals surface area (Å²) in [5.41, 5.74) is 0. The number of hydrogen-bond donors (Lipinski definition) is 0. The van der Waals surface area contributed by atoms with Crippen LogP contribution >= 0.6 is 0 Å². The molecule has 0 aromatic rings. The van der Waals surface area contributed by atoms with E-state index < -0.39 is 5.97 Å². The number of quaternary nitrogens is 1. The molecule has 0 aromatic heterocycles. The Balaban J connectivity index is 0. The molecule has 0 unspecified atom stereocenters. The molecule has 18 heavy (non-hydrogen) atoms. The fourth-order valence-corrected chi connectivity index (χ4v) is 1.67. The molecule has 0 atom stereocenters. The molecule has 0 aliphatic rings. The number of methoxy groups -OCH3 is 1. The minimum atomic E-state index is -1.18. The lowest BCUT2D eigenvalue weighted by molar-refractivity contribution is -0.923. The molecule has 0 N–H and O–H groups in total. The summed E-state index contributed by atoms with van der Waals surface area (Å²) in [7, 11) is 1.30. The molecule has 110 valence electrons. The first kappa shape index (κ1) is 19.7. The van der Waals surface area contributed by atoms with Crippen LogP contribution in [0.15, 0.2) is 0 Å². The second-order valence-electron chi connectivity index (χ2n) is 4.02. The number of likely N-dealkylation sites (N-methyl/N-ethyl adjacent to an activating group) is 1. The van der Waals surface area contributed by atoms with Gasteiger partial charge in [-0.05, 0) is 27.7 Å². The van der Waals surface area contributed by atoms with Gasteiger partial charge in [-0.25, -0.2) is 0 Å². The van der Waals surface area contributed by atoms with Gasteiger partial charge in [-0.3, -0.25) is 0 Å². The highest BCUT2D eigenvalue weighted by molar-refractivity contribution is 5.65. The third kappa shape index (κ3) is 10.5. The Bertz CT molecular complexity index is 185. The van der Waals surface area contributed by atoms with Gasteiger partial charge in [0.25, 0.3) is 0 Å². The Hall–Kier alpha value is -0.650. The molecule has 0 saturated heterocycles. The Morgan fingerprint density at radius 2 is 1.61 bits per heavy atom. The maximum absolute atomic E-state index is 9.36. The van der Waals surface area contributed by atoms with E-state index in [-0.39, 0.29) is 6.61 Å². The Labute approximate surface area is 111 Å². The molecular formula is C13H29NO4. The minimum absolute atomic E-state index is 0.319. The first-order valence-electron chi connectivity index (χ1n) is 6.63. The van der Waals surface area contributed by atoms with Crippen LogP contribution in [-0.2, 0) is 14.3 Å². The third-order valence-electron chi connectivity index (χ3n) is 3.19. The van der Waals surface area contributed by atoms with Gasteiger partial charge in [-0.2, -0.15) is 0 Å². The number of carbonyl (C=O) groups excluding carboxylic acids is 1. The maximum atomic E-state index is 9.36. The second-order valence-corrected chi connectivity index (χ2v) is 4.02. The highest BCUT2D eigenvalue weighted by atomic mass is 16.5. The SMILES string of the molecule is CCOCC[N+](CC)(CC)CC.COCC(=O)[O-]. The smallest absolute Gasteiger partial charge is 0.102 e. The molecule has 5 heteroatoms. The van der Waals surface area contributed by atoms with E-state index in [1.165, 1.54) is 31.2 Å². The quantitative estimate of drug-likeness (QED) is 0.443. The van der Waals surface area contributed by atoms with Gasteiger partial charge in [-0.1, -0.05) is 0 Å². The van der Waals surface area contributed by atoms with Crippen LogP contribution in [0.25, 0.3) is 0 Å². The number of nitrogens with zero attached hydrogens (tertiary/aromatic N) is 1. The molecule has 0 fully saturated rings. The lowest BCUT2D eigenvalue weighted by Gasteiger charge is -2.35. The van der Waals surface area contributed by atoms with Gasteiger partial charge in [0.05, 0.1) is 38.8 Å². The van der Waals surface area contributed by atoms with Gasteiger partial charge < -0.3 is 23.9 Å². The molecule has 0 amide bonds. The summed E-state index contributed by atoms with van der Waals surface area (Å²) >= 11 is 0. The van der Waals surface area contributed by atoms with Crippen LogP contribution in [0, 0.1) is 0 Å². The summed E-state index contributed by atoms with van der Waals surface area (Å²) in [6.45, 7) is 15.1. The fraction of sp³-hybridized carbons (Fsp3) is 0.923. The molecule has 0 saturated carbocycles. The average Bonchev–Trinajstić information content (AvgIpc) is 2.36. The number of hydrogen-bond acceptors (Lipinski definition) is 4. The molecule has 0 heterocycles. The molecule has 0 rings (SSSR count). The predicted octanol–water partition coefficient (Wildman–Crippen LogP) is 0.282. The Morgan fingerprint density at radius 1 is 1.11 bits per heavy atom. The van der Waals surface area contributed by atoms with Crippen molar-refractivity contribution >= 4 is 5.97 Å². The van der Waals surface area contributed by atoms with Crippen molar-refractivity contribution in [2.24, 2.45) is 0 Å². The topological polar surface area (TPSA) is 58.6 Å². The van der Waals surface area contributed by atoms with Gasteiger partial charge in [0.15, 0.2) is 0 Å². The minimum Gasteiger partial charge on any atom is -0.548 e. The van der Waals surface area contributed by atoms with E-state index in [1.807, 2.05) is 0 Å². The molecule has 5 nitrogen and oxygen atoms in total. The lowest BCUT2D eigenvalue weighted by Crippen LogP contribution is -2.49. The van der Waals surface area contributed by atoms with Crippen LogP contribution in [-0.4, -0.2) is 63.6 Å². The van der Waals surface area contributed by atoms with Crippen LogP contribution in [0.4, 0.5) is 0 Å². The molecule has 0 bridgehead atoms. The molecule has 0 spiro atoms. The third-order valence-corrected chi connectivity index (χ3v) is 3.19. The zero-order valence-electron chi connectivity index (χ0n) is 12.5. The van der Waals surface area contributed by atoms with Gasteiger partial charge in [-0.15, -0.1) is 0 Å². The fourth-order valence-electron chi connectivity index (χ4n) is 1.67. The highest BCUT2D eigenvalue weighted by Gasteiger charge is 2.19. The molecule has 0 aliphatic heterocycles. The Morgan fingerprint density at radius 3 is 1.83 bits per heavy atom. The first-order chi connectivity index (χ1) is 8.51. The summed E-state index contributed by atoms with van der Waals surface area (Å²) < 4.78 is 10.7. The van der Waals surface area contributed by atoms with E-state index in [4.69, 9.17) is 4.74 Å². The van der Waals surface area contributed by atoms with Crippen molar-refractivity contribution in [1.82, 2.24) is 0 Å². The number of carbonyl (C=O) groups is 1. The molecular weight excluding hydrogens is 234 g/mol. The van der Waals surface area contributed by atoms with Crippen molar-refractivity contribution in [2.75, 3.05) is 53.1 Å². The van der Waals surface area contributed by atoms with Crippen LogP contribution in [0.5, 0.6) is 0 Å². The summed E-state index contributed by atoms with van der Waals surface area (Å²) in [6, 6.07) is 0. The maximum Gasteiger partial charge on any atom is 0.102 e. The lowest BCUT2D eigenvalue weighted by atomic mass is 10.3. The average molecular weight is 263 g/mol.